The molecular weight excluding hydrogens is 466 g/mol. The van der Waals surface area contributed by atoms with Crippen LogP contribution in [0.15, 0.2) is 41.3 Å². The first-order valence-corrected chi connectivity index (χ1v) is 13.5. The Morgan fingerprint density at radius 3 is 2.38 bits per heavy atom. The molecule has 2 aromatic carbocycles. The zero-order chi connectivity index (χ0) is 23.5. The van der Waals surface area contributed by atoms with Gasteiger partial charge in [-0.05, 0) is 43.8 Å². The fourth-order valence-electron chi connectivity index (χ4n) is 3.49. The largest absolute Gasteiger partial charge is 0.302 e. The lowest BCUT2D eigenvalue weighted by atomic mass is 10.2. The molecule has 0 spiro atoms. The third-order valence-electron chi connectivity index (χ3n) is 5.53. The van der Waals surface area contributed by atoms with E-state index in [0.717, 1.165) is 28.9 Å². The highest BCUT2D eigenvalue weighted by atomic mass is 35.5. The van der Waals surface area contributed by atoms with Crippen LogP contribution >= 0.6 is 22.9 Å². The van der Waals surface area contributed by atoms with Crippen LogP contribution in [0.2, 0.25) is 5.02 Å². The summed E-state index contributed by atoms with van der Waals surface area (Å²) in [5, 5.41) is 1.09. The summed E-state index contributed by atoms with van der Waals surface area (Å²) in [4.78, 5) is 22.3. The molecule has 0 atom stereocenters. The molecule has 32 heavy (non-hydrogen) atoms. The smallest absolute Gasteiger partial charge is 0.261 e. The minimum absolute atomic E-state index is 0.0515. The zero-order valence-electron chi connectivity index (χ0n) is 18.8. The summed E-state index contributed by atoms with van der Waals surface area (Å²) >= 11 is 7.75. The molecule has 1 aromatic heterocycles. The minimum atomic E-state index is -3.56. The zero-order valence-corrected chi connectivity index (χ0v) is 21.1. The lowest BCUT2D eigenvalue weighted by Crippen LogP contribution is -2.39. The maximum absolute atomic E-state index is 13.7. The topological polar surface area (TPSA) is 70.6 Å². The van der Waals surface area contributed by atoms with Crippen molar-refractivity contribution >= 4 is 54.0 Å². The summed E-state index contributed by atoms with van der Waals surface area (Å²) in [5.41, 5.74) is 1.89. The Morgan fingerprint density at radius 2 is 1.75 bits per heavy atom. The Kier molecular flexibility index (Phi) is 7.92. The molecule has 9 heteroatoms. The van der Waals surface area contributed by atoms with Gasteiger partial charge in [-0.1, -0.05) is 61.9 Å². The number of nitrogens with zero attached hydrogens (tertiary/aromatic N) is 3. The van der Waals surface area contributed by atoms with E-state index in [1.54, 1.807) is 30.0 Å². The van der Waals surface area contributed by atoms with Gasteiger partial charge in [0.15, 0.2) is 15.0 Å². The van der Waals surface area contributed by atoms with Gasteiger partial charge in [0.25, 0.3) is 5.91 Å². The van der Waals surface area contributed by atoms with E-state index in [0.29, 0.717) is 23.2 Å². The predicted molar refractivity (Wildman–Crippen MR) is 133 cm³/mol. The SMILES string of the molecule is CCN(CC)CCN(C(=O)c1ccccc1S(=O)(=O)CC)c1nc2c(C)ccc(Cl)c2s1. The lowest BCUT2D eigenvalue weighted by Gasteiger charge is -2.25. The molecule has 0 aliphatic heterocycles. The van der Waals surface area contributed by atoms with Crippen LogP contribution in [0.3, 0.4) is 0 Å². The van der Waals surface area contributed by atoms with Gasteiger partial charge in [-0.3, -0.25) is 9.69 Å². The number of hydrogen-bond acceptors (Lipinski definition) is 6. The molecule has 0 saturated carbocycles. The quantitative estimate of drug-likeness (QED) is 0.417. The normalized spacial score (nSPS) is 11.9. The third-order valence-corrected chi connectivity index (χ3v) is 8.85. The second-order valence-electron chi connectivity index (χ2n) is 7.42. The fourth-order valence-corrected chi connectivity index (χ4v) is 5.92. The summed E-state index contributed by atoms with van der Waals surface area (Å²) in [5.74, 6) is -0.454. The van der Waals surface area contributed by atoms with Crippen LogP contribution in [0.1, 0.15) is 36.7 Å². The molecular formula is C23H28ClN3O3S2. The molecule has 0 N–H and O–H groups in total. The Balaban J connectivity index is 2.12. The van der Waals surface area contributed by atoms with Crippen LogP contribution in [-0.4, -0.2) is 56.1 Å². The number of benzene rings is 2. The van der Waals surface area contributed by atoms with Crippen molar-refractivity contribution in [1.82, 2.24) is 9.88 Å². The van der Waals surface area contributed by atoms with Crippen LogP contribution in [-0.2, 0) is 9.84 Å². The summed E-state index contributed by atoms with van der Waals surface area (Å²) in [6.45, 7) is 10.4. The van der Waals surface area contributed by atoms with Gasteiger partial charge in [0.05, 0.1) is 31.5 Å². The molecule has 0 aliphatic rings. The maximum Gasteiger partial charge on any atom is 0.261 e. The first kappa shape index (κ1) is 24.6. The van der Waals surface area contributed by atoms with Gasteiger partial charge in [-0.2, -0.15) is 0 Å². The molecule has 0 bridgehead atoms. The van der Waals surface area contributed by atoms with E-state index in [2.05, 4.69) is 18.7 Å². The van der Waals surface area contributed by atoms with Gasteiger partial charge in [0.1, 0.15) is 0 Å². The van der Waals surface area contributed by atoms with Gasteiger partial charge < -0.3 is 4.90 Å². The number of sulfone groups is 1. The highest BCUT2D eigenvalue weighted by Gasteiger charge is 2.27. The Morgan fingerprint density at radius 1 is 1.06 bits per heavy atom. The lowest BCUT2D eigenvalue weighted by molar-refractivity contribution is 0.0980. The molecule has 3 rings (SSSR count). The Bertz CT molecular complexity index is 1180. The van der Waals surface area contributed by atoms with Crippen molar-refractivity contribution < 1.29 is 13.2 Å². The molecule has 172 valence electrons. The highest BCUT2D eigenvalue weighted by Crippen LogP contribution is 2.36. The highest BCUT2D eigenvalue weighted by molar-refractivity contribution is 7.91. The number of halogens is 1. The number of rotatable bonds is 9. The molecule has 3 aromatic rings. The third kappa shape index (κ3) is 4.98. The first-order valence-electron chi connectivity index (χ1n) is 10.6. The van der Waals surface area contributed by atoms with Crippen LogP contribution in [0.25, 0.3) is 10.2 Å². The van der Waals surface area contributed by atoms with E-state index in [-0.39, 0.29) is 22.1 Å². The first-order chi connectivity index (χ1) is 15.2. The summed E-state index contributed by atoms with van der Waals surface area (Å²) in [7, 11) is -3.56. The Labute approximate surface area is 198 Å². The number of thiazole rings is 1. The monoisotopic (exact) mass is 493 g/mol. The summed E-state index contributed by atoms with van der Waals surface area (Å²) in [6, 6.07) is 10.1. The molecule has 0 unspecified atom stereocenters. The van der Waals surface area contributed by atoms with Crippen molar-refractivity contribution in [3.05, 3.63) is 52.5 Å². The van der Waals surface area contributed by atoms with E-state index >= 15 is 0 Å². The maximum atomic E-state index is 13.7. The van der Waals surface area contributed by atoms with E-state index in [1.165, 1.54) is 17.4 Å². The number of aryl methyl sites for hydroxylation is 1. The fraction of sp³-hybridized carbons (Fsp3) is 0.391. The van der Waals surface area contributed by atoms with Crippen molar-refractivity contribution in [1.29, 1.82) is 0 Å². The van der Waals surface area contributed by atoms with Crippen molar-refractivity contribution in [2.24, 2.45) is 0 Å². The standard InChI is InChI=1S/C23H28ClN3O3S2/c1-5-26(6-2)14-15-27(23-25-20-16(4)12-13-18(24)21(20)31-23)22(28)17-10-8-9-11-19(17)32(29,30)7-3/h8-13H,5-7,14-15H2,1-4H3. The summed E-state index contributed by atoms with van der Waals surface area (Å²) in [6.07, 6.45) is 0. The van der Waals surface area contributed by atoms with Crippen molar-refractivity contribution in [3.8, 4) is 0 Å². The van der Waals surface area contributed by atoms with Crippen molar-refractivity contribution in [3.63, 3.8) is 0 Å². The number of carbonyl (C=O) groups excluding carboxylic acids is 1. The van der Waals surface area contributed by atoms with E-state index < -0.39 is 9.84 Å². The molecule has 6 nitrogen and oxygen atoms in total. The molecule has 0 aliphatic carbocycles. The molecule has 0 saturated heterocycles. The Hall–Kier alpha value is -2.00. The predicted octanol–water partition coefficient (Wildman–Crippen LogP) is 5.04. The average molecular weight is 494 g/mol. The van der Waals surface area contributed by atoms with Crippen LogP contribution < -0.4 is 4.90 Å². The number of likely N-dealkylation sites (N-methyl/N-ethyl adjacent to an activating group) is 1. The van der Waals surface area contributed by atoms with E-state index in [1.807, 2.05) is 19.1 Å². The van der Waals surface area contributed by atoms with Gasteiger partial charge in [0.2, 0.25) is 0 Å². The molecule has 1 heterocycles. The van der Waals surface area contributed by atoms with Crippen LogP contribution in [0.5, 0.6) is 0 Å². The second-order valence-corrected chi connectivity index (χ2v) is 11.1. The van der Waals surface area contributed by atoms with Gasteiger partial charge in [-0.25, -0.2) is 13.4 Å². The van der Waals surface area contributed by atoms with E-state index in [9.17, 15) is 13.2 Å². The van der Waals surface area contributed by atoms with Gasteiger partial charge in [-0.15, -0.1) is 0 Å². The molecule has 1 amide bonds. The van der Waals surface area contributed by atoms with Crippen molar-refractivity contribution in [2.45, 2.75) is 32.6 Å². The number of amides is 1. The van der Waals surface area contributed by atoms with E-state index in [4.69, 9.17) is 16.6 Å². The van der Waals surface area contributed by atoms with Gasteiger partial charge >= 0.3 is 0 Å². The second kappa shape index (κ2) is 10.3. The average Bonchev–Trinajstić information content (AvgIpc) is 3.25. The van der Waals surface area contributed by atoms with Gasteiger partial charge in [0, 0.05) is 13.1 Å². The number of hydrogen-bond donors (Lipinski definition) is 0. The minimum Gasteiger partial charge on any atom is -0.302 e. The number of fused-ring (bicyclic) bond motifs is 1. The van der Waals surface area contributed by atoms with Crippen molar-refractivity contribution in [2.75, 3.05) is 36.8 Å². The number of aromatic nitrogens is 1. The summed E-state index contributed by atoms with van der Waals surface area (Å²) < 4.78 is 26.1. The molecule has 0 fully saturated rings. The molecule has 0 radical (unpaired) electrons. The van der Waals surface area contributed by atoms with Crippen LogP contribution in [0.4, 0.5) is 5.13 Å². The number of carbonyl (C=O) groups is 1. The number of anilines is 1. The van der Waals surface area contributed by atoms with Crippen LogP contribution in [0, 0.1) is 6.92 Å².